The summed E-state index contributed by atoms with van der Waals surface area (Å²) in [7, 11) is 0.313. The predicted molar refractivity (Wildman–Crippen MR) is 49.0 cm³/mol. The summed E-state index contributed by atoms with van der Waals surface area (Å²) in [4.78, 5) is 0. The molecule has 0 aromatic heterocycles. The molecule has 66 valence electrons. The molecular formula is C8H11NO2S. The number of methoxy groups -OCH3 is 1. The lowest BCUT2D eigenvalue weighted by Gasteiger charge is -2.01. The lowest BCUT2D eigenvalue weighted by molar-refractivity contribution is 0.414. The van der Waals surface area contributed by atoms with Crippen molar-refractivity contribution in [2.24, 2.45) is 5.14 Å². The summed E-state index contributed by atoms with van der Waals surface area (Å²) in [6, 6.07) is 7.38. The fraction of sp³-hybridized carbons (Fsp3) is 0.250. The average Bonchev–Trinajstić information content (AvgIpc) is 2.03. The number of hydrogen-bond acceptors (Lipinski definition) is 2. The third-order valence-corrected chi connectivity index (χ3v) is 2.06. The lowest BCUT2D eigenvalue weighted by atomic mass is 10.2. The molecule has 0 bridgehead atoms. The van der Waals surface area contributed by atoms with Gasteiger partial charge in [0.15, 0.2) is 0 Å². The molecule has 0 heterocycles. The van der Waals surface area contributed by atoms with Crippen LogP contribution in [0.1, 0.15) is 5.56 Å². The molecule has 0 saturated heterocycles. The van der Waals surface area contributed by atoms with Gasteiger partial charge in [0.1, 0.15) is 5.75 Å². The van der Waals surface area contributed by atoms with E-state index in [1.807, 2.05) is 24.3 Å². The molecule has 0 spiro atoms. The Kier molecular flexibility index (Phi) is 3.25. The Morgan fingerprint density at radius 1 is 1.58 bits per heavy atom. The van der Waals surface area contributed by atoms with Crippen LogP contribution in [0.2, 0.25) is 0 Å². The van der Waals surface area contributed by atoms with Gasteiger partial charge < -0.3 is 4.74 Å². The second-order valence-corrected chi connectivity index (χ2v) is 3.43. The molecule has 0 aliphatic carbocycles. The van der Waals surface area contributed by atoms with Crippen molar-refractivity contribution < 1.29 is 8.95 Å². The van der Waals surface area contributed by atoms with Crippen molar-refractivity contribution in [3.63, 3.8) is 0 Å². The van der Waals surface area contributed by atoms with Gasteiger partial charge in [-0.2, -0.15) is 0 Å². The van der Waals surface area contributed by atoms with Crippen LogP contribution >= 0.6 is 0 Å². The highest BCUT2D eigenvalue weighted by Gasteiger charge is 1.97. The van der Waals surface area contributed by atoms with Crippen molar-refractivity contribution in [3.8, 4) is 5.75 Å². The first-order valence-corrected chi connectivity index (χ1v) is 4.86. The highest BCUT2D eigenvalue weighted by atomic mass is 32.2. The van der Waals surface area contributed by atoms with Gasteiger partial charge in [-0.05, 0) is 17.7 Å². The van der Waals surface area contributed by atoms with Gasteiger partial charge in [-0.1, -0.05) is 12.1 Å². The summed E-state index contributed by atoms with van der Waals surface area (Å²) < 4.78 is 15.7. The molecular weight excluding hydrogens is 174 g/mol. The van der Waals surface area contributed by atoms with Crippen LogP contribution in [0.5, 0.6) is 5.75 Å². The quantitative estimate of drug-likeness (QED) is 0.758. The van der Waals surface area contributed by atoms with Crippen LogP contribution in [0, 0.1) is 0 Å². The van der Waals surface area contributed by atoms with Gasteiger partial charge in [-0.15, -0.1) is 0 Å². The number of nitrogens with two attached hydrogens (primary N) is 1. The van der Waals surface area contributed by atoms with Gasteiger partial charge in [0.2, 0.25) is 0 Å². The topological polar surface area (TPSA) is 52.3 Å². The van der Waals surface area contributed by atoms with Gasteiger partial charge in [0.05, 0.1) is 23.8 Å². The largest absolute Gasteiger partial charge is 0.497 e. The maximum Gasteiger partial charge on any atom is 0.119 e. The zero-order valence-corrected chi connectivity index (χ0v) is 7.64. The monoisotopic (exact) mass is 185 g/mol. The minimum atomic E-state index is -1.28. The van der Waals surface area contributed by atoms with E-state index in [0.29, 0.717) is 5.75 Å². The van der Waals surface area contributed by atoms with Crippen molar-refractivity contribution in [1.29, 1.82) is 0 Å². The summed E-state index contributed by atoms with van der Waals surface area (Å²) >= 11 is 0. The SMILES string of the molecule is COc1cccc(C[S@](N)=O)c1. The molecule has 1 aromatic rings. The Labute approximate surface area is 74.1 Å². The first-order valence-electron chi connectivity index (χ1n) is 3.48. The van der Waals surface area contributed by atoms with E-state index < -0.39 is 11.0 Å². The van der Waals surface area contributed by atoms with E-state index in [0.717, 1.165) is 11.3 Å². The smallest absolute Gasteiger partial charge is 0.119 e. The maximum absolute atomic E-state index is 10.7. The molecule has 4 heteroatoms. The Hall–Kier alpha value is -0.870. The molecule has 0 fully saturated rings. The predicted octanol–water partition coefficient (Wildman–Crippen LogP) is 0.818. The molecule has 2 N–H and O–H groups in total. The van der Waals surface area contributed by atoms with Crippen molar-refractivity contribution in [1.82, 2.24) is 0 Å². The van der Waals surface area contributed by atoms with Crippen LogP contribution in [-0.2, 0) is 16.7 Å². The van der Waals surface area contributed by atoms with Crippen LogP contribution < -0.4 is 9.88 Å². The minimum Gasteiger partial charge on any atom is -0.497 e. The average molecular weight is 185 g/mol. The standard InChI is InChI=1S/C8H11NO2S/c1-11-8-4-2-3-7(5-8)6-12(9)10/h2-5H,6,9H2,1H3/t12-/m1/s1. The van der Waals surface area contributed by atoms with E-state index in [9.17, 15) is 4.21 Å². The second kappa shape index (κ2) is 4.23. The van der Waals surface area contributed by atoms with Crippen LogP contribution in [0.25, 0.3) is 0 Å². The summed E-state index contributed by atoms with van der Waals surface area (Å²) in [5.41, 5.74) is 0.926. The van der Waals surface area contributed by atoms with Crippen LogP contribution in [-0.4, -0.2) is 11.3 Å². The number of rotatable bonds is 3. The molecule has 0 aliphatic rings. The zero-order valence-electron chi connectivity index (χ0n) is 6.82. The van der Waals surface area contributed by atoms with E-state index in [4.69, 9.17) is 9.88 Å². The van der Waals surface area contributed by atoms with Crippen molar-refractivity contribution in [2.45, 2.75) is 5.75 Å². The van der Waals surface area contributed by atoms with E-state index >= 15 is 0 Å². The normalized spacial score (nSPS) is 12.5. The fourth-order valence-electron chi connectivity index (χ4n) is 0.927. The lowest BCUT2D eigenvalue weighted by Crippen LogP contribution is -2.05. The van der Waals surface area contributed by atoms with Crippen molar-refractivity contribution >= 4 is 11.0 Å². The zero-order chi connectivity index (χ0) is 8.97. The minimum absolute atomic E-state index is 0.372. The van der Waals surface area contributed by atoms with E-state index in [-0.39, 0.29) is 0 Å². The first kappa shape index (κ1) is 9.22. The van der Waals surface area contributed by atoms with Gasteiger partial charge in [0, 0.05) is 0 Å². The first-order chi connectivity index (χ1) is 5.72. The van der Waals surface area contributed by atoms with Gasteiger partial charge >= 0.3 is 0 Å². The van der Waals surface area contributed by atoms with Gasteiger partial charge in [-0.3, -0.25) is 5.14 Å². The summed E-state index contributed by atoms with van der Waals surface area (Å²) in [5.74, 6) is 1.13. The molecule has 12 heavy (non-hydrogen) atoms. The molecule has 0 unspecified atom stereocenters. The third-order valence-electron chi connectivity index (χ3n) is 1.44. The van der Waals surface area contributed by atoms with Gasteiger partial charge in [-0.25, -0.2) is 4.21 Å². The summed E-state index contributed by atoms with van der Waals surface area (Å²) in [6.45, 7) is 0. The summed E-state index contributed by atoms with van der Waals surface area (Å²) in [6.07, 6.45) is 0. The van der Waals surface area contributed by atoms with Crippen LogP contribution in [0.4, 0.5) is 0 Å². The Bertz CT molecular complexity index is 288. The Balaban J connectivity index is 2.79. The number of benzene rings is 1. The Morgan fingerprint density at radius 2 is 2.33 bits per heavy atom. The van der Waals surface area contributed by atoms with Gasteiger partial charge in [0.25, 0.3) is 0 Å². The van der Waals surface area contributed by atoms with Crippen LogP contribution in [0.15, 0.2) is 24.3 Å². The highest BCUT2D eigenvalue weighted by molar-refractivity contribution is 7.81. The van der Waals surface area contributed by atoms with Crippen molar-refractivity contribution in [3.05, 3.63) is 29.8 Å². The summed E-state index contributed by atoms with van der Waals surface area (Å²) in [5, 5.41) is 5.15. The highest BCUT2D eigenvalue weighted by Crippen LogP contribution is 2.12. The third kappa shape index (κ3) is 2.64. The second-order valence-electron chi connectivity index (χ2n) is 2.38. The van der Waals surface area contributed by atoms with Crippen molar-refractivity contribution in [2.75, 3.05) is 7.11 Å². The fourth-order valence-corrected chi connectivity index (χ4v) is 1.43. The van der Waals surface area contributed by atoms with E-state index in [1.165, 1.54) is 0 Å². The molecule has 1 atom stereocenters. The molecule has 1 rings (SSSR count). The van der Waals surface area contributed by atoms with E-state index in [2.05, 4.69) is 0 Å². The molecule has 1 aromatic carbocycles. The molecule has 0 saturated carbocycles. The molecule has 0 amide bonds. The molecule has 0 radical (unpaired) electrons. The number of ether oxygens (including phenoxy) is 1. The van der Waals surface area contributed by atoms with Crippen LogP contribution in [0.3, 0.4) is 0 Å². The van der Waals surface area contributed by atoms with E-state index in [1.54, 1.807) is 7.11 Å². The Morgan fingerprint density at radius 3 is 2.92 bits per heavy atom. The maximum atomic E-state index is 10.7. The molecule has 3 nitrogen and oxygen atoms in total. The number of hydrogen-bond donors (Lipinski definition) is 1. The molecule has 0 aliphatic heterocycles.